The van der Waals surface area contributed by atoms with E-state index in [0.29, 0.717) is 38.9 Å². The van der Waals surface area contributed by atoms with E-state index in [1.807, 2.05) is 30.3 Å². The highest BCUT2D eigenvalue weighted by molar-refractivity contribution is 6.31. The van der Waals surface area contributed by atoms with Crippen molar-refractivity contribution in [3.63, 3.8) is 0 Å². The Bertz CT molecular complexity index is 1500. The number of ether oxygens (including phenoxy) is 1. The third-order valence-electron chi connectivity index (χ3n) is 5.91. The standard InChI is InChI=1S/C29H25Cl2N3O4/c1-18(35)25-26(20-7-11-22(30)12-8-20)27(21-9-13-23(31)14-10-21)33-34(28(25)36)15-16-38-29(37)24(32)17-19-5-3-2-4-6-19/h2-14,24H,15-17,32H2,1H3/t24-/m0/s1. The lowest BCUT2D eigenvalue weighted by Gasteiger charge is -2.17. The maximum Gasteiger partial charge on any atom is 0.323 e. The molecule has 194 valence electrons. The summed E-state index contributed by atoms with van der Waals surface area (Å²) in [6.45, 7) is 1.12. The second-order valence-electron chi connectivity index (χ2n) is 8.66. The summed E-state index contributed by atoms with van der Waals surface area (Å²) in [5, 5.41) is 5.62. The fourth-order valence-electron chi connectivity index (χ4n) is 4.05. The number of hydrogen-bond acceptors (Lipinski definition) is 6. The maximum absolute atomic E-state index is 13.4. The molecule has 0 aliphatic rings. The first-order chi connectivity index (χ1) is 18.2. The van der Waals surface area contributed by atoms with E-state index in [4.69, 9.17) is 33.7 Å². The Morgan fingerprint density at radius 1 is 0.921 bits per heavy atom. The fraction of sp³-hybridized carbons (Fsp3) is 0.172. The predicted molar refractivity (Wildman–Crippen MR) is 148 cm³/mol. The summed E-state index contributed by atoms with van der Waals surface area (Å²) in [4.78, 5) is 38.7. The maximum atomic E-state index is 13.4. The van der Waals surface area contributed by atoms with Crippen LogP contribution < -0.4 is 11.3 Å². The van der Waals surface area contributed by atoms with Gasteiger partial charge in [0.05, 0.1) is 17.8 Å². The molecular weight excluding hydrogens is 525 g/mol. The molecular formula is C29H25Cl2N3O4. The zero-order valence-corrected chi connectivity index (χ0v) is 22.1. The van der Waals surface area contributed by atoms with Gasteiger partial charge < -0.3 is 10.5 Å². The van der Waals surface area contributed by atoms with Crippen LogP contribution in [0.1, 0.15) is 22.8 Å². The Labute approximate surface area is 229 Å². The number of Topliss-reactive ketones (excluding diaryl/α,β-unsaturated/α-hetero) is 1. The number of rotatable bonds is 9. The van der Waals surface area contributed by atoms with Gasteiger partial charge in [-0.2, -0.15) is 5.10 Å². The number of carbonyl (C=O) groups excluding carboxylic acids is 2. The summed E-state index contributed by atoms with van der Waals surface area (Å²) >= 11 is 12.2. The highest BCUT2D eigenvalue weighted by Crippen LogP contribution is 2.33. The van der Waals surface area contributed by atoms with Crippen molar-refractivity contribution in [2.75, 3.05) is 6.61 Å². The number of benzene rings is 3. The average Bonchev–Trinajstić information content (AvgIpc) is 2.90. The van der Waals surface area contributed by atoms with Crippen molar-refractivity contribution < 1.29 is 14.3 Å². The van der Waals surface area contributed by atoms with Crippen LogP contribution in [-0.2, 0) is 22.5 Å². The van der Waals surface area contributed by atoms with Crippen molar-refractivity contribution in [1.82, 2.24) is 9.78 Å². The molecule has 2 N–H and O–H groups in total. The molecule has 0 fully saturated rings. The summed E-state index contributed by atoms with van der Waals surface area (Å²) in [5.41, 5.74) is 8.35. The molecule has 38 heavy (non-hydrogen) atoms. The van der Waals surface area contributed by atoms with Crippen LogP contribution in [0.25, 0.3) is 22.4 Å². The van der Waals surface area contributed by atoms with Gasteiger partial charge in [-0.05, 0) is 48.7 Å². The first-order valence-corrected chi connectivity index (χ1v) is 12.6. The van der Waals surface area contributed by atoms with Crippen LogP contribution in [0, 0.1) is 0 Å². The van der Waals surface area contributed by atoms with Gasteiger partial charge in [0.2, 0.25) is 0 Å². The molecule has 0 unspecified atom stereocenters. The first kappa shape index (κ1) is 27.3. The molecule has 0 aliphatic heterocycles. The lowest BCUT2D eigenvalue weighted by Crippen LogP contribution is -2.36. The second kappa shape index (κ2) is 12.2. The number of ketones is 1. The van der Waals surface area contributed by atoms with Crippen LogP contribution in [0.5, 0.6) is 0 Å². The van der Waals surface area contributed by atoms with Crippen LogP contribution in [0.3, 0.4) is 0 Å². The summed E-state index contributed by atoms with van der Waals surface area (Å²) < 4.78 is 6.48. The molecule has 0 saturated carbocycles. The molecule has 0 amide bonds. The third-order valence-corrected chi connectivity index (χ3v) is 6.41. The van der Waals surface area contributed by atoms with Gasteiger partial charge in [-0.3, -0.25) is 14.4 Å². The van der Waals surface area contributed by atoms with Crippen molar-refractivity contribution >= 4 is 35.0 Å². The first-order valence-electron chi connectivity index (χ1n) is 11.9. The lowest BCUT2D eigenvalue weighted by atomic mass is 9.94. The molecule has 1 aromatic heterocycles. The van der Waals surface area contributed by atoms with Crippen LogP contribution in [0.15, 0.2) is 83.7 Å². The number of halogens is 2. The largest absolute Gasteiger partial charge is 0.463 e. The van der Waals surface area contributed by atoms with E-state index in [0.717, 1.165) is 10.2 Å². The van der Waals surface area contributed by atoms with Crippen molar-refractivity contribution in [2.45, 2.75) is 25.9 Å². The molecule has 0 radical (unpaired) electrons. The van der Waals surface area contributed by atoms with Crippen molar-refractivity contribution in [3.05, 3.63) is 110 Å². The second-order valence-corrected chi connectivity index (χ2v) is 9.53. The van der Waals surface area contributed by atoms with Crippen LogP contribution in [0.4, 0.5) is 0 Å². The Hall–Kier alpha value is -3.78. The number of aromatic nitrogens is 2. The van der Waals surface area contributed by atoms with E-state index in [9.17, 15) is 14.4 Å². The van der Waals surface area contributed by atoms with E-state index in [1.54, 1.807) is 48.5 Å². The molecule has 4 rings (SSSR count). The van der Waals surface area contributed by atoms with Crippen LogP contribution >= 0.6 is 23.2 Å². The summed E-state index contributed by atoms with van der Waals surface area (Å²) in [6.07, 6.45) is 0.322. The van der Waals surface area contributed by atoms with Crippen molar-refractivity contribution in [2.24, 2.45) is 5.73 Å². The Morgan fingerprint density at radius 3 is 2.08 bits per heavy atom. The molecule has 1 atom stereocenters. The van der Waals surface area contributed by atoms with E-state index < -0.39 is 23.4 Å². The highest BCUT2D eigenvalue weighted by Gasteiger charge is 2.23. The number of nitrogens with two attached hydrogens (primary N) is 1. The topological polar surface area (TPSA) is 104 Å². The van der Waals surface area contributed by atoms with Gasteiger partial charge in [-0.1, -0.05) is 77.8 Å². The number of carbonyl (C=O) groups is 2. The fourth-order valence-corrected chi connectivity index (χ4v) is 4.30. The minimum absolute atomic E-state index is 0.0284. The molecule has 4 aromatic rings. The molecule has 0 aliphatic carbocycles. The van der Waals surface area contributed by atoms with Gasteiger partial charge in [-0.25, -0.2) is 4.68 Å². The number of hydrogen-bond donors (Lipinski definition) is 1. The van der Waals surface area contributed by atoms with Gasteiger partial charge in [-0.15, -0.1) is 0 Å². The predicted octanol–water partition coefficient (Wildman–Crippen LogP) is 5.20. The molecule has 0 bridgehead atoms. The summed E-state index contributed by atoms with van der Waals surface area (Å²) in [6, 6.07) is 22.2. The Morgan fingerprint density at radius 2 is 1.50 bits per heavy atom. The normalized spacial score (nSPS) is 11.7. The zero-order chi connectivity index (χ0) is 27.2. The SMILES string of the molecule is CC(=O)c1c(-c2ccc(Cl)cc2)c(-c2ccc(Cl)cc2)nn(CCOC(=O)[C@@H](N)Cc2ccccc2)c1=O. The third kappa shape index (κ3) is 6.37. The van der Waals surface area contributed by atoms with Crippen LogP contribution in [-0.4, -0.2) is 34.2 Å². The highest BCUT2D eigenvalue weighted by atomic mass is 35.5. The molecule has 0 saturated heterocycles. The molecule has 0 spiro atoms. The Kier molecular flexibility index (Phi) is 8.73. The van der Waals surface area contributed by atoms with Gasteiger partial charge in [0.1, 0.15) is 12.6 Å². The average molecular weight is 550 g/mol. The smallest absolute Gasteiger partial charge is 0.323 e. The molecule has 7 nitrogen and oxygen atoms in total. The quantitative estimate of drug-likeness (QED) is 0.227. The van der Waals surface area contributed by atoms with Gasteiger partial charge in [0, 0.05) is 21.2 Å². The zero-order valence-electron chi connectivity index (χ0n) is 20.6. The van der Waals surface area contributed by atoms with E-state index in [1.165, 1.54) is 6.92 Å². The van der Waals surface area contributed by atoms with Gasteiger partial charge >= 0.3 is 5.97 Å². The monoisotopic (exact) mass is 549 g/mol. The van der Waals surface area contributed by atoms with Gasteiger partial charge in [0.15, 0.2) is 5.78 Å². The van der Waals surface area contributed by atoms with Gasteiger partial charge in [0.25, 0.3) is 5.56 Å². The van der Waals surface area contributed by atoms with E-state index in [2.05, 4.69) is 5.10 Å². The minimum Gasteiger partial charge on any atom is -0.463 e. The number of esters is 1. The summed E-state index contributed by atoms with van der Waals surface area (Å²) in [5.74, 6) is -1.02. The molecule has 9 heteroatoms. The van der Waals surface area contributed by atoms with E-state index >= 15 is 0 Å². The Balaban J connectivity index is 1.66. The molecule has 3 aromatic carbocycles. The lowest BCUT2D eigenvalue weighted by molar-refractivity contribution is -0.145. The van der Waals surface area contributed by atoms with Crippen molar-refractivity contribution in [1.29, 1.82) is 0 Å². The van der Waals surface area contributed by atoms with E-state index in [-0.39, 0.29) is 18.7 Å². The summed E-state index contributed by atoms with van der Waals surface area (Å²) in [7, 11) is 0. The number of nitrogens with zero attached hydrogens (tertiary/aromatic N) is 2. The minimum atomic E-state index is -0.855. The van der Waals surface area contributed by atoms with Crippen molar-refractivity contribution in [3.8, 4) is 22.4 Å². The van der Waals surface area contributed by atoms with Crippen LogP contribution in [0.2, 0.25) is 10.0 Å². The molecule has 1 heterocycles.